The number of carbonyl (C=O) groups is 2. The molecule has 1 rings (SSSR count). The molecular formula is C12H14FNO4. The van der Waals surface area contributed by atoms with Gasteiger partial charge in [0, 0.05) is 18.9 Å². The third kappa shape index (κ3) is 3.51. The Balaban J connectivity index is 3.04. The minimum absolute atomic E-state index is 0.0168. The molecular weight excluding hydrogens is 241 g/mol. The Kier molecular flexibility index (Phi) is 4.76. The topological polar surface area (TPSA) is 65.5 Å². The number of hydrogen-bond acceptors (Lipinski definition) is 5. The summed E-state index contributed by atoms with van der Waals surface area (Å²) in [4.78, 5) is 25.8. The highest BCUT2D eigenvalue weighted by Gasteiger charge is 2.16. The molecule has 0 bridgehead atoms. The summed E-state index contributed by atoms with van der Waals surface area (Å²) in [5.74, 6) is -1.57. The molecule has 1 aromatic rings. The van der Waals surface area contributed by atoms with E-state index >= 15 is 0 Å². The van der Waals surface area contributed by atoms with Crippen molar-refractivity contribution >= 4 is 11.9 Å². The summed E-state index contributed by atoms with van der Waals surface area (Å²) in [5.41, 5.74) is 0.375. The van der Waals surface area contributed by atoms with Crippen molar-refractivity contribution in [3.05, 3.63) is 23.3 Å². The number of rotatable bonds is 4. The van der Waals surface area contributed by atoms with Crippen LogP contribution >= 0.6 is 0 Å². The molecule has 5 nitrogen and oxygen atoms in total. The number of carbonyl (C=O) groups excluding carboxylic acids is 2. The zero-order chi connectivity index (χ0) is 13.7. The highest BCUT2D eigenvalue weighted by Crippen LogP contribution is 2.25. The van der Waals surface area contributed by atoms with E-state index < -0.39 is 17.8 Å². The molecule has 0 unspecified atom stereocenters. The van der Waals surface area contributed by atoms with Gasteiger partial charge in [-0.25, -0.2) is 4.39 Å². The summed E-state index contributed by atoms with van der Waals surface area (Å²) < 4.78 is 23.1. The normalized spacial score (nSPS) is 10.0. The van der Waals surface area contributed by atoms with Crippen LogP contribution < -0.4 is 4.74 Å². The molecule has 0 amide bonds. The Bertz CT molecular complexity index is 473. The molecule has 0 spiro atoms. The van der Waals surface area contributed by atoms with E-state index in [9.17, 15) is 14.0 Å². The van der Waals surface area contributed by atoms with Crippen molar-refractivity contribution < 1.29 is 23.5 Å². The lowest BCUT2D eigenvalue weighted by atomic mass is 10.2. The number of nitrogens with zero attached hydrogens (tertiary/aromatic N) is 1. The van der Waals surface area contributed by atoms with Gasteiger partial charge < -0.3 is 9.47 Å². The second-order valence-electron chi connectivity index (χ2n) is 3.61. The lowest BCUT2D eigenvalue weighted by Crippen LogP contribution is -2.12. The van der Waals surface area contributed by atoms with E-state index in [1.165, 1.54) is 13.8 Å². The van der Waals surface area contributed by atoms with Gasteiger partial charge in [0.05, 0.1) is 6.20 Å². The van der Waals surface area contributed by atoms with E-state index in [1.54, 1.807) is 6.92 Å². The van der Waals surface area contributed by atoms with Crippen molar-refractivity contribution in [2.45, 2.75) is 33.8 Å². The minimum atomic E-state index is -0.583. The zero-order valence-electron chi connectivity index (χ0n) is 10.4. The lowest BCUT2D eigenvalue weighted by molar-refractivity contribution is -0.142. The van der Waals surface area contributed by atoms with Gasteiger partial charge in [-0.1, -0.05) is 6.92 Å². The van der Waals surface area contributed by atoms with Crippen molar-refractivity contribution in [1.82, 2.24) is 4.98 Å². The van der Waals surface area contributed by atoms with Gasteiger partial charge in [0.25, 0.3) is 0 Å². The number of hydrogen-bond donors (Lipinski definition) is 0. The monoisotopic (exact) mass is 255 g/mol. The van der Waals surface area contributed by atoms with Gasteiger partial charge in [-0.05, 0) is 6.92 Å². The molecule has 0 aliphatic carbocycles. The number of pyridine rings is 1. The first-order valence-corrected chi connectivity index (χ1v) is 5.43. The van der Waals surface area contributed by atoms with Gasteiger partial charge in [-0.3, -0.25) is 14.6 Å². The Morgan fingerprint density at radius 1 is 1.44 bits per heavy atom. The van der Waals surface area contributed by atoms with Gasteiger partial charge in [0.15, 0.2) is 5.75 Å². The zero-order valence-corrected chi connectivity index (χ0v) is 10.4. The van der Waals surface area contributed by atoms with Crippen LogP contribution in [-0.2, 0) is 20.9 Å². The van der Waals surface area contributed by atoms with Crippen molar-refractivity contribution in [3.63, 3.8) is 0 Å². The van der Waals surface area contributed by atoms with Crippen LogP contribution in [0.25, 0.3) is 0 Å². The van der Waals surface area contributed by atoms with Gasteiger partial charge in [0.1, 0.15) is 18.1 Å². The quantitative estimate of drug-likeness (QED) is 0.769. The van der Waals surface area contributed by atoms with Crippen LogP contribution in [0.15, 0.2) is 6.20 Å². The summed E-state index contributed by atoms with van der Waals surface area (Å²) in [7, 11) is 0. The largest absolute Gasteiger partial charge is 0.459 e. The van der Waals surface area contributed by atoms with E-state index in [1.807, 2.05) is 0 Å². The third-order valence-corrected chi connectivity index (χ3v) is 2.21. The fourth-order valence-corrected chi connectivity index (χ4v) is 1.21. The van der Waals surface area contributed by atoms with Crippen LogP contribution in [0.3, 0.4) is 0 Å². The number of esters is 2. The average Bonchev–Trinajstić information content (AvgIpc) is 2.33. The first kappa shape index (κ1) is 14.1. The van der Waals surface area contributed by atoms with Gasteiger partial charge in [-0.15, -0.1) is 0 Å². The standard InChI is InChI=1S/C12H14FNO4/c1-4-11(16)18-12-7(2)9(13)5-14-10(12)6-17-8(3)15/h5H,4,6H2,1-3H3. The van der Waals surface area contributed by atoms with Gasteiger partial charge >= 0.3 is 11.9 Å². The van der Waals surface area contributed by atoms with Crippen LogP contribution in [0.4, 0.5) is 4.39 Å². The summed E-state index contributed by atoms with van der Waals surface area (Å²) in [6.07, 6.45) is 1.15. The number of halogens is 1. The molecule has 0 N–H and O–H groups in total. The molecule has 0 saturated heterocycles. The summed E-state index contributed by atoms with van der Waals surface area (Å²) in [5, 5.41) is 0. The molecule has 6 heteroatoms. The van der Waals surface area contributed by atoms with E-state index in [-0.39, 0.29) is 30.0 Å². The molecule has 0 aliphatic heterocycles. The number of ether oxygens (including phenoxy) is 2. The second kappa shape index (κ2) is 6.09. The van der Waals surface area contributed by atoms with Crippen molar-refractivity contribution in [3.8, 4) is 5.75 Å². The second-order valence-corrected chi connectivity index (χ2v) is 3.61. The van der Waals surface area contributed by atoms with Crippen LogP contribution in [0.5, 0.6) is 5.75 Å². The predicted molar refractivity (Wildman–Crippen MR) is 60.3 cm³/mol. The highest BCUT2D eigenvalue weighted by molar-refractivity contribution is 5.72. The van der Waals surface area contributed by atoms with Crippen molar-refractivity contribution in [2.24, 2.45) is 0 Å². The molecule has 0 atom stereocenters. The molecule has 98 valence electrons. The van der Waals surface area contributed by atoms with Crippen LogP contribution in [0.2, 0.25) is 0 Å². The first-order valence-electron chi connectivity index (χ1n) is 5.43. The summed E-state index contributed by atoms with van der Waals surface area (Å²) in [6, 6.07) is 0. The summed E-state index contributed by atoms with van der Waals surface area (Å²) in [6.45, 7) is 4.17. The molecule has 18 heavy (non-hydrogen) atoms. The van der Waals surface area contributed by atoms with Crippen molar-refractivity contribution in [2.75, 3.05) is 0 Å². The van der Waals surface area contributed by atoms with E-state index in [4.69, 9.17) is 9.47 Å². The molecule has 0 radical (unpaired) electrons. The van der Waals surface area contributed by atoms with E-state index in [0.717, 1.165) is 6.20 Å². The Labute approximate surface area is 104 Å². The average molecular weight is 255 g/mol. The maximum atomic E-state index is 13.4. The van der Waals surface area contributed by atoms with E-state index in [0.29, 0.717) is 0 Å². The third-order valence-electron chi connectivity index (χ3n) is 2.21. The lowest BCUT2D eigenvalue weighted by Gasteiger charge is -2.11. The van der Waals surface area contributed by atoms with Crippen molar-refractivity contribution in [1.29, 1.82) is 0 Å². The van der Waals surface area contributed by atoms with Crippen LogP contribution in [0, 0.1) is 12.7 Å². The van der Waals surface area contributed by atoms with Crippen LogP contribution in [-0.4, -0.2) is 16.9 Å². The molecule has 0 saturated carbocycles. The SMILES string of the molecule is CCC(=O)Oc1c(COC(C)=O)ncc(F)c1C. The van der Waals surface area contributed by atoms with E-state index in [2.05, 4.69) is 4.98 Å². The van der Waals surface area contributed by atoms with Crippen LogP contribution in [0.1, 0.15) is 31.5 Å². The summed E-state index contributed by atoms with van der Waals surface area (Å²) >= 11 is 0. The predicted octanol–water partition coefficient (Wildman–Crippen LogP) is 1.91. The molecule has 0 fully saturated rings. The van der Waals surface area contributed by atoms with Gasteiger partial charge in [0.2, 0.25) is 0 Å². The molecule has 0 aliphatic rings. The maximum absolute atomic E-state index is 13.4. The Morgan fingerprint density at radius 3 is 2.67 bits per heavy atom. The molecule has 1 aromatic heterocycles. The minimum Gasteiger partial charge on any atom is -0.459 e. The number of aromatic nitrogens is 1. The first-order chi connectivity index (χ1) is 8.45. The fraction of sp³-hybridized carbons (Fsp3) is 0.417. The smallest absolute Gasteiger partial charge is 0.310 e. The van der Waals surface area contributed by atoms with Gasteiger partial charge in [-0.2, -0.15) is 0 Å². The highest BCUT2D eigenvalue weighted by atomic mass is 19.1. The molecule has 1 heterocycles. The molecule has 0 aromatic carbocycles. The Hall–Kier alpha value is -1.98. The maximum Gasteiger partial charge on any atom is 0.310 e. The fourth-order valence-electron chi connectivity index (χ4n) is 1.21. The Morgan fingerprint density at radius 2 is 2.11 bits per heavy atom.